The van der Waals surface area contributed by atoms with Crippen molar-refractivity contribution in [3.05, 3.63) is 33.8 Å². The molecule has 1 aromatic carbocycles. The highest BCUT2D eigenvalue weighted by Gasteiger charge is 2.15. The van der Waals surface area contributed by atoms with Crippen molar-refractivity contribution in [3.8, 4) is 0 Å². The van der Waals surface area contributed by atoms with Crippen LogP contribution in [0.1, 0.15) is 12.5 Å². The standard InChI is InChI=1S/C12H17Cl2NO/c1-8(10(6-15)7-16)4-9-2-3-11(13)12(14)5-9/h2-3,5,8,10,16H,4,6-7,15H2,1H3. The Kier molecular flexibility index (Phi) is 5.56. The summed E-state index contributed by atoms with van der Waals surface area (Å²) in [5, 5.41) is 10.3. The Morgan fingerprint density at radius 3 is 2.50 bits per heavy atom. The van der Waals surface area contributed by atoms with Crippen LogP contribution >= 0.6 is 23.2 Å². The molecule has 0 aliphatic carbocycles. The number of aliphatic hydroxyl groups excluding tert-OH is 1. The van der Waals surface area contributed by atoms with Crippen molar-refractivity contribution >= 4 is 23.2 Å². The monoisotopic (exact) mass is 261 g/mol. The topological polar surface area (TPSA) is 46.2 Å². The van der Waals surface area contributed by atoms with Crippen molar-refractivity contribution in [1.29, 1.82) is 0 Å². The predicted molar refractivity (Wildman–Crippen MR) is 69.0 cm³/mol. The molecular weight excluding hydrogens is 245 g/mol. The third-order valence-corrected chi connectivity index (χ3v) is 3.62. The lowest BCUT2D eigenvalue weighted by Crippen LogP contribution is -2.26. The third-order valence-electron chi connectivity index (χ3n) is 2.88. The van der Waals surface area contributed by atoms with Gasteiger partial charge >= 0.3 is 0 Å². The van der Waals surface area contributed by atoms with Crippen LogP contribution < -0.4 is 5.73 Å². The summed E-state index contributed by atoms with van der Waals surface area (Å²) < 4.78 is 0. The molecule has 0 spiro atoms. The molecule has 0 saturated heterocycles. The van der Waals surface area contributed by atoms with Gasteiger partial charge in [-0.25, -0.2) is 0 Å². The summed E-state index contributed by atoms with van der Waals surface area (Å²) in [5.74, 6) is 0.460. The molecule has 2 unspecified atom stereocenters. The van der Waals surface area contributed by atoms with Gasteiger partial charge in [-0.05, 0) is 42.5 Å². The summed E-state index contributed by atoms with van der Waals surface area (Å²) in [6.45, 7) is 2.70. The molecule has 0 aliphatic rings. The molecule has 3 N–H and O–H groups in total. The normalized spacial score (nSPS) is 14.8. The maximum Gasteiger partial charge on any atom is 0.0595 e. The maximum atomic E-state index is 9.15. The molecule has 0 bridgehead atoms. The van der Waals surface area contributed by atoms with Crippen molar-refractivity contribution < 1.29 is 5.11 Å². The predicted octanol–water partition coefficient (Wildman–Crippen LogP) is 2.74. The smallest absolute Gasteiger partial charge is 0.0595 e. The van der Waals surface area contributed by atoms with Gasteiger partial charge in [0.05, 0.1) is 10.0 Å². The zero-order chi connectivity index (χ0) is 12.1. The van der Waals surface area contributed by atoms with Crippen molar-refractivity contribution in [2.75, 3.05) is 13.2 Å². The van der Waals surface area contributed by atoms with Crippen LogP contribution in [0.5, 0.6) is 0 Å². The van der Waals surface area contributed by atoms with Gasteiger partial charge in [0.25, 0.3) is 0 Å². The molecule has 1 rings (SSSR count). The van der Waals surface area contributed by atoms with Gasteiger partial charge in [0.2, 0.25) is 0 Å². The Labute approximate surface area is 106 Å². The molecule has 2 nitrogen and oxygen atoms in total. The Morgan fingerprint density at radius 2 is 2.00 bits per heavy atom. The van der Waals surface area contributed by atoms with E-state index >= 15 is 0 Å². The van der Waals surface area contributed by atoms with Gasteiger partial charge in [0.1, 0.15) is 0 Å². The fraction of sp³-hybridized carbons (Fsp3) is 0.500. The van der Waals surface area contributed by atoms with E-state index in [1.54, 1.807) is 6.07 Å². The molecule has 0 aliphatic heterocycles. The summed E-state index contributed by atoms with van der Waals surface area (Å²) in [6, 6.07) is 5.61. The highest BCUT2D eigenvalue weighted by atomic mass is 35.5. The van der Waals surface area contributed by atoms with Gasteiger partial charge in [0.15, 0.2) is 0 Å². The first-order valence-electron chi connectivity index (χ1n) is 5.33. The van der Waals surface area contributed by atoms with Gasteiger partial charge in [-0.1, -0.05) is 36.2 Å². The van der Waals surface area contributed by atoms with E-state index < -0.39 is 0 Å². The SMILES string of the molecule is CC(Cc1ccc(Cl)c(Cl)c1)C(CN)CO. The average molecular weight is 262 g/mol. The van der Waals surface area contributed by atoms with Crippen molar-refractivity contribution in [2.45, 2.75) is 13.3 Å². The highest BCUT2D eigenvalue weighted by Crippen LogP contribution is 2.25. The fourth-order valence-corrected chi connectivity index (χ4v) is 2.01. The van der Waals surface area contributed by atoms with Crippen molar-refractivity contribution in [2.24, 2.45) is 17.6 Å². The minimum absolute atomic E-state index is 0.124. The van der Waals surface area contributed by atoms with E-state index in [2.05, 4.69) is 6.92 Å². The lowest BCUT2D eigenvalue weighted by molar-refractivity contribution is 0.187. The quantitative estimate of drug-likeness (QED) is 0.857. The molecule has 0 amide bonds. The second-order valence-electron chi connectivity index (χ2n) is 4.11. The summed E-state index contributed by atoms with van der Waals surface area (Å²) in [6.07, 6.45) is 0.847. The molecule has 0 heterocycles. The molecule has 0 fully saturated rings. The largest absolute Gasteiger partial charge is 0.396 e. The zero-order valence-electron chi connectivity index (χ0n) is 9.29. The van der Waals surface area contributed by atoms with E-state index in [1.165, 1.54) is 0 Å². The van der Waals surface area contributed by atoms with Crippen LogP contribution in [-0.2, 0) is 6.42 Å². The molecule has 0 radical (unpaired) electrons. The van der Waals surface area contributed by atoms with Gasteiger partial charge in [0, 0.05) is 6.61 Å². The van der Waals surface area contributed by atoms with Crippen LogP contribution in [-0.4, -0.2) is 18.3 Å². The van der Waals surface area contributed by atoms with E-state index in [9.17, 15) is 0 Å². The van der Waals surface area contributed by atoms with E-state index in [-0.39, 0.29) is 12.5 Å². The van der Waals surface area contributed by atoms with Gasteiger partial charge in [-0.3, -0.25) is 0 Å². The number of aliphatic hydroxyl groups is 1. The molecule has 0 saturated carbocycles. The minimum Gasteiger partial charge on any atom is -0.396 e. The van der Waals surface area contributed by atoms with Crippen molar-refractivity contribution in [3.63, 3.8) is 0 Å². The first-order valence-corrected chi connectivity index (χ1v) is 6.09. The Bertz CT molecular complexity index is 340. The third kappa shape index (κ3) is 3.63. The number of hydrogen-bond donors (Lipinski definition) is 2. The number of benzene rings is 1. The lowest BCUT2D eigenvalue weighted by Gasteiger charge is -2.20. The van der Waals surface area contributed by atoms with Gasteiger partial charge < -0.3 is 10.8 Å². The molecular formula is C12H17Cl2NO. The second kappa shape index (κ2) is 6.45. The average Bonchev–Trinajstić information content (AvgIpc) is 2.25. The molecule has 2 atom stereocenters. The molecule has 0 aromatic heterocycles. The van der Waals surface area contributed by atoms with E-state index in [0.29, 0.717) is 22.5 Å². The maximum absolute atomic E-state index is 9.15. The van der Waals surface area contributed by atoms with Crippen LogP contribution in [0.4, 0.5) is 0 Å². The summed E-state index contributed by atoms with van der Waals surface area (Å²) in [7, 11) is 0. The van der Waals surface area contributed by atoms with E-state index in [1.807, 2.05) is 12.1 Å². The Balaban J connectivity index is 2.69. The Hall–Kier alpha value is -0.280. The van der Waals surface area contributed by atoms with Gasteiger partial charge in [-0.15, -0.1) is 0 Å². The number of nitrogens with two attached hydrogens (primary N) is 1. The number of halogens is 2. The first kappa shape index (κ1) is 13.8. The van der Waals surface area contributed by atoms with Crippen LogP contribution in [0.25, 0.3) is 0 Å². The molecule has 16 heavy (non-hydrogen) atoms. The number of rotatable bonds is 5. The molecule has 1 aromatic rings. The summed E-state index contributed by atoms with van der Waals surface area (Å²) in [5.41, 5.74) is 6.70. The lowest BCUT2D eigenvalue weighted by atomic mass is 9.89. The van der Waals surface area contributed by atoms with E-state index in [0.717, 1.165) is 12.0 Å². The zero-order valence-corrected chi connectivity index (χ0v) is 10.8. The van der Waals surface area contributed by atoms with Crippen LogP contribution in [0.15, 0.2) is 18.2 Å². The summed E-state index contributed by atoms with van der Waals surface area (Å²) >= 11 is 11.8. The second-order valence-corrected chi connectivity index (χ2v) is 4.92. The Morgan fingerprint density at radius 1 is 1.31 bits per heavy atom. The molecule has 4 heteroatoms. The van der Waals surface area contributed by atoms with E-state index in [4.69, 9.17) is 34.0 Å². The van der Waals surface area contributed by atoms with Crippen molar-refractivity contribution in [1.82, 2.24) is 0 Å². The van der Waals surface area contributed by atoms with Gasteiger partial charge in [-0.2, -0.15) is 0 Å². The van der Waals surface area contributed by atoms with Crippen LogP contribution in [0.2, 0.25) is 10.0 Å². The first-order chi connectivity index (χ1) is 7.58. The minimum atomic E-state index is 0.124. The summed E-state index contributed by atoms with van der Waals surface area (Å²) in [4.78, 5) is 0. The highest BCUT2D eigenvalue weighted by molar-refractivity contribution is 6.42. The number of hydrogen-bond acceptors (Lipinski definition) is 2. The van der Waals surface area contributed by atoms with Crippen LogP contribution in [0.3, 0.4) is 0 Å². The molecule has 90 valence electrons. The van der Waals surface area contributed by atoms with Crippen LogP contribution in [0, 0.1) is 11.8 Å². The fourth-order valence-electron chi connectivity index (χ4n) is 1.69.